The lowest BCUT2D eigenvalue weighted by Gasteiger charge is -2.34. The first-order valence-electron chi connectivity index (χ1n) is 19.4. The molecule has 0 aliphatic carbocycles. The highest BCUT2D eigenvalue weighted by Gasteiger charge is 2.41. The van der Waals surface area contributed by atoms with Crippen molar-refractivity contribution in [1.29, 1.82) is 0 Å². The number of aryl methyl sites for hydroxylation is 6. The minimum atomic E-state index is 0.00926. The van der Waals surface area contributed by atoms with Crippen LogP contribution in [0.2, 0.25) is 0 Å². The monoisotopic (exact) mass is 697 g/mol. The maximum Gasteiger partial charge on any atom is 0.256 e. The molecule has 54 heavy (non-hydrogen) atoms. The topological polar surface area (TPSA) is 14.2 Å². The van der Waals surface area contributed by atoms with Gasteiger partial charge in [-0.05, 0) is 161 Å². The van der Waals surface area contributed by atoms with Crippen LogP contribution in [-0.2, 0) is 0 Å². The predicted octanol–water partition coefficient (Wildman–Crippen LogP) is 11.7. The molecular weight excluding hydrogens is 653 g/mol. The minimum Gasteiger partial charge on any atom is -0.458 e. The second kappa shape index (κ2) is 11.9. The molecule has 262 valence electrons. The lowest BCUT2D eigenvalue weighted by Crippen LogP contribution is -2.58. The van der Waals surface area contributed by atoms with E-state index in [1.54, 1.807) is 0 Å². The second-order valence-corrected chi connectivity index (χ2v) is 16.3. The minimum absolute atomic E-state index is 0.00926. The van der Waals surface area contributed by atoms with Crippen LogP contribution in [0.1, 0.15) is 58.7 Å². The molecule has 3 heterocycles. The fraction of sp³-hybridized carbons (Fsp3) is 0.176. The van der Waals surface area contributed by atoms with Crippen molar-refractivity contribution in [3.8, 4) is 50.6 Å². The summed E-state index contributed by atoms with van der Waals surface area (Å²) in [7, 11) is 0. The Morgan fingerprint density at radius 2 is 1.13 bits per heavy atom. The third-order valence-electron chi connectivity index (χ3n) is 12.1. The first-order valence-corrected chi connectivity index (χ1v) is 19.4. The second-order valence-electron chi connectivity index (χ2n) is 16.3. The van der Waals surface area contributed by atoms with E-state index in [2.05, 4.69) is 175 Å². The quantitative estimate of drug-likeness (QED) is 0.167. The summed E-state index contributed by atoms with van der Waals surface area (Å²) in [5.41, 5.74) is 24.3. The van der Waals surface area contributed by atoms with Crippen LogP contribution in [0.25, 0.3) is 60.9 Å². The molecule has 0 unspecified atom stereocenters. The number of aromatic nitrogens is 1. The van der Waals surface area contributed by atoms with Crippen LogP contribution in [0.15, 0.2) is 115 Å². The van der Waals surface area contributed by atoms with Gasteiger partial charge in [-0.15, -0.1) is 0 Å². The van der Waals surface area contributed by atoms with Gasteiger partial charge in [-0.1, -0.05) is 104 Å². The van der Waals surface area contributed by atoms with Crippen molar-refractivity contribution >= 4 is 44.9 Å². The third kappa shape index (κ3) is 4.80. The molecule has 2 nitrogen and oxygen atoms in total. The number of fused-ring (bicyclic) bond motifs is 7. The van der Waals surface area contributed by atoms with Crippen LogP contribution in [0.5, 0.6) is 11.5 Å². The molecular formula is C51H44BNO. The molecule has 2 aliphatic rings. The van der Waals surface area contributed by atoms with E-state index in [1.165, 1.54) is 116 Å². The summed E-state index contributed by atoms with van der Waals surface area (Å²) in [6, 6.07) is 43.8. The summed E-state index contributed by atoms with van der Waals surface area (Å²) in [5, 5.41) is 2.59. The van der Waals surface area contributed by atoms with Crippen LogP contribution >= 0.6 is 0 Å². The third-order valence-corrected chi connectivity index (χ3v) is 12.1. The highest BCUT2D eigenvalue weighted by atomic mass is 16.5. The Kier molecular flexibility index (Phi) is 7.21. The van der Waals surface area contributed by atoms with Crippen molar-refractivity contribution < 1.29 is 4.74 Å². The van der Waals surface area contributed by atoms with Gasteiger partial charge in [0.2, 0.25) is 0 Å². The molecule has 8 aromatic rings. The zero-order valence-corrected chi connectivity index (χ0v) is 32.5. The van der Waals surface area contributed by atoms with Gasteiger partial charge in [-0.2, -0.15) is 0 Å². The Morgan fingerprint density at radius 3 is 1.80 bits per heavy atom. The summed E-state index contributed by atoms with van der Waals surface area (Å²) in [6.45, 7) is 18.0. The highest BCUT2D eigenvalue weighted by molar-refractivity contribution is 6.99. The lowest BCUT2D eigenvalue weighted by molar-refractivity contribution is 0.486. The van der Waals surface area contributed by atoms with Crippen molar-refractivity contribution in [3.05, 3.63) is 154 Å². The lowest BCUT2D eigenvalue weighted by atomic mass is 9.34. The summed E-state index contributed by atoms with van der Waals surface area (Å²) in [6.07, 6.45) is 0. The predicted molar refractivity (Wildman–Crippen MR) is 231 cm³/mol. The number of benzene rings is 7. The Bertz CT molecular complexity index is 2850. The maximum absolute atomic E-state index is 6.97. The highest BCUT2D eigenvalue weighted by Crippen LogP contribution is 2.43. The fourth-order valence-corrected chi connectivity index (χ4v) is 10.0. The van der Waals surface area contributed by atoms with Crippen molar-refractivity contribution in [2.24, 2.45) is 0 Å². The van der Waals surface area contributed by atoms with Gasteiger partial charge in [-0.25, -0.2) is 0 Å². The Balaban J connectivity index is 1.36. The van der Waals surface area contributed by atoms with Gasteiger partial charge in [0.05, 0.1) is 5.52 Å². The molecule has 0 saturated carbocycles. The van der Waals surface area contributed by atoms with Gasteiger partial charge in [0.1, 0.15) is 11.5 Å². The van der Waals surface area contributed by atoms with E-state index in [4.69, 9.17) is 4.74 Å². The molecule has 0 fully saturated rings. The van der Waals surface area contributed by atoms with Gasteiger partial charge in [0.25, 0.3) is 6.71 Å². The van der Waals surface area contributed by atoms with E-state index in [0.717, 1.165) is 11.5 Å². The molecule has 1 aromatic heterocycles. The first-order chi connectivity index (χ1) is 26.0. The zero-order chi connectivity index (χ0) is 37.2. The number of rotatable bonds is 4. The fourth-order valence-electron chi connectivity index (χ4n) is 10.0. The molecule has 2 aliphatic heterocycles. The van der Waals surface area contributed by atoms with E-state index in [1.807, 2.05) is 0 Å². The van der Waals surface area contributed by atoms with Crippen LogP contribution in [-0.4, -0.2) is 11.3 Å². The van der Waals surface area contributed by atoms with E-state index in [9.17, 15) is 0 Å². The van der Waals surface area contributed by atoms with Crippen LogP contribution < -0.4 is 21.1 Å². The molecule has 0 radical (unpaired) electrons. The van der Waals surface area contributed by atoms with Gasteiger partial charge in [-0.3, -0.25) is 0 Å². The van der Waals surface area contributed by atoms with Gasteiger partial charge in [0.15, 0.2) is 0 Å². The Hall–Kier alpha value is -5.80. The van der Waals surface area contributed by atoms with E-state index < -0.39 is 0 Å². The SMILES string of the molecule is Cc1cc(C)c(-c2ccc3c(c2)c2cc(-c4c(C)cc(C)cc4C)cc4c2n3-c2cc(C(C)C)cc3c2B4c2cc(-c4ccccc4)ccc2O3)c(C)c1. The molecule has 0 atom stereocenters. The molecule has 0 bridgehead atoms. The van der Waals surface area contributed by atoms with Crippen molar-refractivity contribution in [2.45, 2.75) is 61.3 Å². The molecule has 0 amide bonds. The molecule has 10 rings (SSSR count). The molecule has 0 spiro atoms. The smallest absolute Gasteiger partial charge is 0.256 e. The zero-order valence-electron chi connectivity index (χ0n) is 32.5. The Labute approximate surface area is 319 Å². The van der Waals surface area contributed by atoms with Gasteiger partial charge < -0.3 is 9.30 Å². The summed E-state index contributed by atoms with van der Waals surface area (Å²) in [5.74, 6) is 2.26. The number of hydrogen-bond acceptors (Lipinski definition) is 1. The molecule has 0 saturated heterocycles. The first kappa shape index (κ1) is 32.8. The average molecular weight is 698 g/mol. The van der Waals surface area contributed by atoms with Crippen molar-refractivity contribution in [1.82, 2.24) is 4.57 Å². The average Bonchev–Trinajstić information content (AvgIpc) is 3.46. The van der Waals surface area contributed by atoms with Crippen molar-refractivity contribution in [2.75, 3.05) is 0 Å². The summed E-state index contributed by atoms with van der Waals surface area (Å²) >= 11 is 0. The Morgan fingerprint density at radius 1 is 0.519 bits per heavy atom. The number of ether oxygens (including phenoxy) is 1. The molecule has 0 N–H and O–H groups in total. The van der Waals surface area contributed by atoms with Crippen molar-refractivity contribution in [3.63, 3.8) is 0 Å². The van der Waals surface area contributed by atoms with Crippen LogP contribution in [0.3, 0.4) is 0 Å². The molecule has 7 aromatic carbocycles. The van der Waals surface area contributed by atoms with E-state index in [-0.39, 0.29) is 6.71 Å². The summed E-state index contributed by atoms with van der Waals surface area (Å²) in [4.78, 5) is 0. The standard InChI is InChI=1S/C51H44BNO/c1-28(2)38-26-45-50-47(27-38)54-46-17-15-36(35-12-10-9-11-13-35)24-42(46)52(50)43-25-39(49-33(7)20-30(4)21-34(49)8)23-41-40-22-37(14-16-44(40)53(45)51(41)43)48-31(5)18-29(3)19-32(48)6/h9-28H,1-8H3. The van der Waals surface area contributed by atoms with E-state index in [0.29, 0.717) is 5.92 Å². The largest absolute Gasteiger partial charge is 0.458 e. The normalized spacial score (nSPS) is 12.7. The van der Waals surface area contributed by atoms with Gasteiger partial charge in [0, 0.05) is 22.0 Å². The maximum atomic E-state index is 6.97. The molecule has 3 heteroatoms. The van der Waals surface area contributed by atoms with Crippen LogP contribution in [0.4, 0.5) is 0 Å². The number of hydrogen-bond donors (Lipinski definition) is 0. The van der Waals surface area contributed by atoms with E-state index >= 15 is 0 Å². The van der Waals surface area contributed by atoms with Gasteiger partial charge >= 0.3 is 0 Å². The number of nitrogens with zero attached hydrogens (tertiary/aromatic N) is 1. The van der Waals surface area contributed by atoms with Crippen LogP contribution in [0, 0.1) is 41.5 Å². The summed E-state index contributed by atoms with van der Waals surface area (Å²) < 4.78 is 9.53.